The predicted octanol–water partition coefficient (Wildman–Crippen LogP) is 2.13. The van der Waals surface area contributed by atoms with Gasteiger partial charge < -0.3 is 4.90 Å². The second kappa shape index (κ2) is 6.67. The highest BCUT2D eigenvalue weighted by atomic mass is 32.2. The van der Waals surface area contributed by atoms with Crippen LogP contribution in [0.2, 0.25) is 0 Å². The molecule has 8 heteroatoms. The van der Waals surface area contributed by atoms with Crippen LogP contribution < -0.4 is 4.90 Å². The van der Waals surface area contributed by atoms with Crippen molar-refractivity contribution in [2.45, 2.75) is 38.6 Å². The Hall–Kier alpha value is -1.25. The quantitative estimate of drug-likeness (QED) is 0.761. The first-order chi connectivity index (χ1) is 13.0. The molecule has 2 saturated heterocycles. The van der Waals surface area contributed by atoms with E-state index in [0.717, 1.165) is 55.6 Å². The summed E-state index contributed by atoms with van der Waals surface area (Å²) in [4.78, 5) is 16.6. The van der Waals surface area contributed by atoms with Gasteiger partial charge in [-0.05, 0) is 37.2 Å². The summed E-state index contributed by atoms with van der Waals surface area (Å²) in [6, 6.07) is 0.206. The molecule has 0 saturated carbocycles. The molecule has 0 amide bonds. The minimum atomic E-state index is -2.82. The van der Waals surface area contributed by atoms with Gasteiger partial charge in [-0.15, -0.1) is 11.3 Å². The largest absolute Gasteiger partial charge is 0.353 e. The van der Waals surface area contributed by atoms with Crippen LogP contribution >= 0.6 is 11.3 Å². The number of rotatable bonds is 2. The molecule has 0 radical (unpaired) electrons. The van der Waals surface area contributed by atoms with Crippen molar-refractivity contribution >= 4 is 37.2 Å². The van der Waals surface area contributed by atoms with Gasteiger partial charge in [0, 0.05) is 37.1 Å². The van der Waals surface area contributed by atoms with E-state index in [4.69, 9.17) is 0 Å². The molecule has 2 aliphatic heterocycles. The Bertz CT molecular complexity index is 963. The van der Waals surface area contributed by atoms with E-state index in [0.29, 0.717) is 11.5 Å². The Kier molecular flexibility index (Phi) is 4.40. The van der Waals surface area contributed by atoms with E-state index in [2.05, 4.69) is 26.7 Å². The average Bonchev–Trinajstić information content (AvgIpc) is 3.20. The maximum Gasteiger partial charge on any atom is 0.151 e. The highest BCUT2D eigenvalue weighted by molar-refractivity contribution is 7.91. The lowest BCUT2D eigenvalue weighted by Crippen LogP contribution is -2.51. The van der Waals surface area contributed by atoms with Crippen LogP contribution in [0.15, 0.2) is 6.33 Å². The normalized spacial score (nSPS) is 28.6. The minimum absolute atomic E-state index is 0.206. The van der Waals surface area contributed by atoms with Crippen molar-refractivity contribution in [3.05, 3.63) is 16.8 Å². The molecule has 6 nitrogen and oxygen atoms in total. The van der Waals surface area contributed by atoms with Gasteiger partial charge in [-0.25, -0.2) is 18.4 Å². The first-order valence-electron chi connectivity index (χ1n) is 9.95. The minimum Gasteiger partial charge on any atom is -0.353 e. The third kappa shape index (κ3) is 3.25. The molecule has 2 unspecified atom stereocenters. The first kappa shape index (κ1) is 17.8. The number of hydrogen-bond donors (Lipinski definition) is 0. The Morgan fingerprint density at radius 2 is 1.96 bits per heavy atom. The Labute approximate surface area is 164 Å². The maximum atomic E-state index is 11.8. The van der Waals surface area contributed by atoms with Gasteiger partial charge in [-0.2, -0.15) is 0 Å². The average molecular weight is 407 g/mol. The fourth-order valence-corrected chi connectivity index (χ4v) is 7.97. The lowest BCUT2D eigenvalue weighted by molar-refractivity contribution is 0.200. The summed E-state index contributed by atoms with van der Waals surface area (Å²) in [5.41, 5.74) is 1.48. The van der Waals surface area contributed by atoms with Crippen LogP contribution in [-0.2, 0) is 22.7 Å². The van der Waals surface area contributed by atoms with E-state index in [-0.39, 0.29) is 6.04 Å². The molecule has 0 N–H and O–H groups in total. The van der Waals surface area contributed by atoms with E-state index in [1.807, 2.05) is 11.3 Å². The van der Waals surface area contributed by atoms with Gasteiger partial charge in [0.1, 0.15) is 17.0 Å². The third-order valence-electron chi connectivity index (χ3n) is 6.41. The lowest BCUT2D eigenvalue weighted by Gasteiger charge is -2.38. The number of aryl methyl sites for hydroxylation is 1. The number of piperazine rings is 1. The van der Waals surface area contributed by atoms with Crippen molar-refractivity contribution in [3.63, 3.8) is 0 Å². The molecular weight excluding hydrogens is 380 g/mol. The van der Waals surface area contributed by atoms with E-state index >= 15 is 0 Å². The van der Waals surface area contributed by atoms with Crippen LogP contribution in [0.25, 0.3) is 10.2 Å². The standard InChI is InChI=1S/C19H26N4O2S2/c1-13-2-3-15-16(10-13)26-19-17(15)18(20-12-21-19)23-7-5-22(6-8-23)14-4-9-27(24,25)11-14/h12-14H,2-11H2,1H3. The number of nitrogens with zero attached hydrogens (tertiary/aromatic N) is 4. The molecule has 2 aromatic rings. The highest BCUT2D eigenvalue weighted by Gasteiger charge is 2.34. The van der Waals surface area contributed by atoms with Crippen LogP contribution in [0.1, 0.15) is 30.2 Å². The van der Waals surface area contributed by atoms with Gasteiger partial charge >= 0.3 is 0 Å². The molecule has 146 valence electrons. The lowest BCUT2D eigenvalue weighted by atomic mass is 9.89. The molecular formula is C19H26N4O2S2. The number of hydrogen-bond acceptors (Lipinski definition) is 7. The monoisotopic (exact) mass is 406 g/mol. The number of thiophene rings is 1. The summed E-state index contributed by atoms with van der Waals surface area (Å²) in [6.45, 7) is 5.97. The molecule has 0 spiro atoms. The molecule has 3 aliphatic rings. The predicted molar refractivity (Wildman–Crippen MR) is 109 cm³/mol. The van der Waals surface area contributed by atoms with Crippen molar-refractivity contribution in [1.29, 1.82) is 0 Å². The summed E-state index contributed by atoms with van der Waals surface area (Å²) in [7, 11) is -2.82. The van der Waals surface area contributed by atoms with Gasteiger partial charge in [-0.1, -0.05) is 6.92 Å². The highest BCUT2D eigenvalue weighted by Crippen LogP contribution is 2.40. The van der Waals surface area contributed by atoms with Crippen molar-refractivity contribution in [1.82, 2.24) is 14.9 Å². The molecule has 4 heterocycles. The summed E-state index contributed by atoms with van der Waals surface area (Å²) in [6.07, 6.45) is 6.04. The second-order valence-electron chi connectivity index (χ2n) is 8.31. The number of anilines is 1. The van der Waals surface area contributed by atoms with Gasteiger partial charge in [0.25, 0.3) is 0 Å². The van der Waals surface area contributed by atoms with Gasteiger partial charge in [-0.3, -0.25) is 4.90 Å². The maximum absolute atomic E-state index is 11.8. The van der Waals surface area contributed by atoms with Gasteiger partial charge in [0.15, 0.2) is 9.84 Å². The summed E-state index contributed by atoms with van der Waals surface area (Å²) in [5, 5.41) is 1.28. The van der Waals surface area contributed by atoms with E-state index < -0.39 is 9.84 Å². The molecule has 0 bridgehead atoms. The molecule has 2 atom stereocenters. The van der Waals surface area contributed by atoms with Crippen molar-refractivity contribution in [3.8, 4) is 0 Å². The van der Waals surface area contributed by atoms with Crippen molar-refractivity contribution in [2.24, 2.45) is 5.92 Å². The zero-order valence-electron chi connectivity index (χ0n) is 15.7. The van der Waals surface area contributed by atoms with Crippen LogP contribution in [0.4, 0.5) is 5.82 Å². The van der Waals surface area contributed by atoms with Crippen molar-refractivity contribution in [2.75, 3.05) is 42.6 Å². The summed E-state index contributed by atoms with van der Waals surface area (Å²) in [5.74, 6) is 2.53. The molecule has 2 fully saturated rings. The van der Waals surface area contributed by atoms with Crippen molar-refractivity contribution < 1.29 is 8.42 Å². The number of aromatic nitrogens is 2. The number of sulfone groups is 1. The Morgan fingerprint density at radius 3 is 2.70 bits per heavy atom. The van der Waals surface area contributed by atoms with E-state index in [1.165, 1.54) is 28.7 Å². The topological polar surface area (TPSA) is 66.4 Å². The number of fused-ring (bicyclic) bond motifs is 3. The van der Waals surface area contributed by atoms with Crippen LogP contribution in [0.5, 0.6) is 0 Å². The fraction of sp³-hybridized carbons (Fsp3) is 0.684. The molecule has 1 aliphatic carbocycles. The Morgan fingerprint density at radius 1 is 1.15 bits per heavy atom. The third-order valence-corrected chi connectivity index (χ3v) is 9.32. The summed E-state index contributed by atoms with van der Waals surface area (Å²) < 4.78 is 23.6. The van der Waals surface area contributed by atoms with E-state index in [9.17, 15) is 8.42 Å². The zero-order chi connectivity index (χ0) is 18.6. The molecule has 0 aromatic carbocycles. The molecule has 27 heavy (non-hydrogen) atoms. The molecule has 2 aromatic heterocycles. The summed E-state index contributed by atoms with van der Waals surface area (Å²) >= 11 is 1.85. The fourth-order valence-electron chi connectivity index (χ4n) is 4.86. The van der Waals surface area contributed by atoms with E-state index in [1.54, 1.807) is 6.33 Å². The van der Waals surface area contributed by atoms with Crippen LogP contribution in [0.3, 0.4) is 0 Å². The van der Waals surface area contributed by atoms with Crippen LogP contribution in [-0.4, -0.2) is 67.0 Å². The first-order valence-corrected chi connectivity index (χ1v) is 12.6. The van der Waals surface area contributed by atoms with Gasteiger partial charge in [0.05, 0.1) is 16.9 Å². The zero-order valence-corrected chi connectivity index (χ0v) is 17.4. The second-order valence-corrected chi connectivity index (χ2v) is 11.6. The Balaban J connectivity index is 1.38. The SMILES string of the molecule is CC1CCc2c(sc3ncnc(N4CCN(C5CCS(=O)(=O)C5)CC4)c23)C1. The molecule has 5 rings (SSSR count). The smallest absolute Gasteiger partial charge is 0.151 e. The van der Waals surface area contributed by atoms with Gasteiger partial charge in [0.2, 0.25) is 0 Å². The van der Waals surface area contributed by atoms with Crippen LogP contribution in [0, 0.1) is 5.92 Å².